The summed E-state index contributed by atoms with van der Waals surface area (Å²) in [6, 6.07) is 7.35. The van der Waals surface area contributed by atoms with Gasteiger partial charge in [-0.15, -0.1) is 0 Å². The van der Waals surface area contributed by atoms with E-state index in [1.54, 1.807) is 12.1 Å². The van der Waals surface area contributed by atoms with E-state index in [9.17, 15) is 15.3 Å². The lowest BCUT2D eigenvalue weighted by Crippen LogP contribution is -2.43. The van der Waals surface area contributed by atoms with Crippen LogP contribution in [-0.4, -0.2) is 40.0 Å². The third-order valence-electron chi connectivity index (χ3n) is 6.01. The van der Waals surface area contributed by atoms with Gasteiger partial charge in [-0.25, -0.2) is 0 Å². The van der Waals surface area contributed by atoms with Crippen molar-refractivity contribution in [2.75, 3.05) is 13.7 Å². The Labute approximate surface area is 146 Å². The second-order valence-corrected chi connectivity index (χ2v) is 7.41. The van der Waals surface area contributed by atoms with Gasteiger partial charge in [-0.3, -0.25) is 4.90 Å². The zero-order valence-corrected chi connectivity index (χ0v) is 14.1. The molecule has 0 aromatic heterocycles. The summed E-state index contributed by atoms with van der Waals surface area (Å²) in [5, 5.41) is 30.7. The maximum atomic E-state index is 10.9. The zero-order chi connectivity index (χ0) is 17.3. The zero-order valence-electron chi connectivity index (χ0n) is 14.1. The fourth-order valence-electron chi connectivity index (χ4n) is 4.94. The maximum absolute atomic E-state index is 10.9. The SMILES string of the molecule is CN1Cc2c(ccc3c2CCO3)C2C(O)Cc3cc(O)c(O)cc3C21. The Morgan fingerprint density at radius 2 is 1.88 bits per heavy atom. The van der Waals surface area contributed by atoms with E-state index in [4.69, 9.17) is 4.74 Å². The van der Waals surface area contributed by atoms with Gasteiger partial charge in [0.05, 0.1) is 12.7 Å². The van der Waals surface area contributed by atoms with E-state index >= 15 is 0 Å². The first kappa shape index (κ1) is 15.0. The number of nitrogens with zero attached hydrogens (tertiary/aromatic N) is 1. The smallest absolute Gasteiger partial charge is 0.157 e. The summed E-state index contributed by atoms with van der Waals surface area (Å²) < 4.78 is 5.71. The average molecular weight is 339 g/mol. The van der Waals surface area contributed by atoms with E-state index in [0.717, 1.165) is 36.4 Å². The maximum Gasteiger partial charge on any atom is 0.157 e. The van der Waals surface area contributed by atoms with Crippen LogP contribution in [-0.2, 0) is 19.4 Å². The van der Waals surface area contributed by atoms with Crippen molar-refractivity contribution < 1.29 is 20.1 Å². The summed E-state index contributed by atoms with van der Waals surface area (Å²) >= 11 is 0. The van der Waals surface area contributed by atoms with Crippen molar-refractivity contribution in [2.45, 2.75) is 37.5 Å². The lowest BCUT2D eigenvalue weighted by Gasteiger charge is -2.47. The van der Waals surface area contributed by atoms with Gasteiger partial charge in [-0.2, -0.15) is 0 Å². The van der Waals surface area contributed by atoms with Gasteiger partial charge in [0, 0.05) is 30.5 Å². The molecule has 5 nitrogen and oxygen atoms in total. The van der Waals surface area contributed by atoms with Gasteiger partial charge in [0.2, 0.25) is 0 Å². The molecule has 0 radical (unpaired) electrons. The first-order chi connectivity index (χ1) is 12.0. The normalized spacial score (nSPS) is 27.0. The molecule has 0 saturated carbocycles. The van der Waals surface area contributed by atoms with E-state index in [1.807, 2.05) is 6.07 Å². The largest absolute Gasteiger partial charge is 0.504 e. The molecule has 2 aromatic carbocycles. The molecular weight excluding hydrogens is 318 g/mol. The van der Waals surface area contributed by atoms with Gasteiger partial charge >= 0.3 is 0 Å². The molecule has 2 aliphatic heterocycles. The van der Waals surface area contributed by atoms with Gasteiger partial charge in [0.25, 0.3) is 0 Å². The highest BCUT2D eigenvalue weighted by molar-refractivity contribution is 5.55. The second-order valence-electron chi connectivity index (χ2n) is 7.41. The van der Waals surface area contributed by atoms with Crippen LogP contribution < -0.4 is 4.74 Å². The first-order valence-electron chi connectivity index (χ1n) is 8.75. The molecule has 5 rings (SSSR count). The molecular formula is C20H21NO4. The predicted molar refractivity (Wildman–Crippen MR) is 92.1 cm³/mol. The molecule has 0 saturated heterocycles. The van der Waals surface area contributed by atoms with E-state index < -0.39 is 6.10 Å². The van der Waals surface area contributed by atoms with Crippen molar-refractivity contribution in [3.63, 3.8) is 0 Å². The minimum absolute atomic E-state index is 0.0156. The predicted octanol–water partition coefficient (Wildman–Crippen LogP) is 2.22. The summed E-state index contributed by atoms with van der Waals surface area (Å²) in [5.41, 5.74) is 5.65. The van der Waals surface area contributed by atoms with Crippen molar-refractivity contribution in [2.24, 2.45) is 0 Å². The minimum atomic E-state index is -0.525. The Hall–Kier alpha value is -2.24. The third-order valence-corrected chi connectivity index (χ3v) is 6.01. The summed E-state index contributed by atoms with van der Waals surface area (Å²) in [5.74, 6) is 0.698. The summed E-state index contributed by atoms with van der Waals surface area (Å²) in [6.45, 7) is 1.51. The molecule has 0 bridgehead atoms. The van der Waals surface area contributed by atoms with Crippen LogP contribution in [0.25, 0.3) is 0 Å². The fraction of sp³-hybridized carbons (Fsp3) is 0.400. The molecule has 3 unspecified atom stereocenters. The monoisotopic (exact) mass is 339 g/mol. The number of phenolic OH excluding ortho intramolecular Hbond substituents is 2. The number of phenols is 2. The van der Waals surface area contributed by atoms with E-state index in [1.165, 1.54) is 16.7 Å². The molecule has 3 atom stereocenters. The average Bonchev–Trinajstić information content (AvgIpc) is 3.05. The fourth-order valence-corrected chi connectivity index (χ4v) is 4.94. The molecule has 2 aromatic rings. The van der Waals surface area contributed by atoms with Crippen molar-refractivity contribution in [1.29, 1.82) is 0 Å². The van der Waals surface area contributed by atoms with E-state index in [-0.39, 0.29) is 23.5 Å². The Morgan fingerprint density at radius 3 is 2.72 bits per heavy atom. The summed E-state index contributed by atoms with van der Waals surface area (Å²) in [4.78, 5) is 2.24. The molecule has 0 amide bonds. The molecule has 0 fully saturated rings. The van der Waals surface area contributed by atoms with Gasteiger partial charge in [-0.05, 0) is 53.9 Å². The minimum Gasteiger partial charge on any atom is -0.504 e. The van der Waals surface area contributed by atoms with Crippen LogP contribution >= 0.6 is 0 Å². The molecule has 2 heterocycles. The molecule has 3 aliphatic rings. The number of rotatable bonds is 0. The standard InChI is InChI=1S/C20H21NO4/c1-21-9-14-11-4-5-25-18(11)3-2-12(14)19-17(24)7-10-6-15(22)16(23)8-13(10)20(19)21/h2-3,6,8,17,19-20,22-24H,4-5,7,9H2,1H3. The topological polar surface area (TPSA) is 73.2 Å². The highest BCUT2D eigenvalue weighted by atomic mass is 16.5. The third kappa shape index (κ3) is 2.03. The summed E-state index contributed by atoms with van der Waals surface area (Å²) in [6.07, 6.45) is 0.874. The van der Waals surface area contributed by atoms with Crippen molar-refractivity contribution in [3.05, 3.63) is 52.1 Å². The van der Waals surface area contributed by atoms with E-state index in [0.29, 0.717) is 6.42 Å². The molecule has 25 heavy (non-hydrogen) atoms. The number of likely N-dealkylation sites (N-methyl/N-ethyl adjacent to an activating group) is 1. The number of aliphatic hydroxyl groups is 1. The van der Waals surface area contributed by atoms with Gasteiger partial charge < -0.3 is 20.1 Å². The number of hydrogen-bond acceptors (Lipinski definition) is 5. The number of aliphatic hydroxyl groups excluding tert-OH is 1. The number of aromatic hydroxyl groups is 2. The molecule has 5 heteroatoms. The Balaban J connectivity index is 1.70. The molecule has 1 aliphatic carbocycles. The van der Waals surface area contributed by atoms with E-state index in [2.05, 4.69) is 18.0 Å². The number of fused-ring (bicyclic) bond motifs is 7. The number of ether oxygens (including phenoxy) is 1. The summed E-state index contributed by atoms with van der Waals surface area (Å²) in [7, 11) is 2.06. The Kier molecular flexibility index (Phi) is 3.09. The van der Waals surface area contributed by atoms with Gasteiger partial charge in [0.1, 0.15) is 5.75 Å². The quantitative estimate of drug-likeness (QED) is 0.642. The highest BCUT2D eigenvalue weighted by Gasteiger charge is 2.44. The molecule has 3 N–H and O–H groups in total. The van der Waals surface area contributed by atoms with Crippen molar-refractivity contribution in [3.8, 4) is 17.2 Å². The van der Waals surface area contributed by atoms with Crippen LogP contribution in [0.3, 0.4) is 0 Å². The van der Waals surface area contributed by atoms with Crippen LogP contribution in [0.4, 0.5) is 0 Å². The van der Waals surface area contributed by atoms with Crippen LogP contribution in [0.2, 0.25) is 0 Å². The van der Waals surface area contributed by atoms with Gasteiger partial charge in [-0.1, -0.05) is 6.07 Å². The molecule has 130 valence electrons. The second kappa shape index (κ2) is 5.13. The van der Waals surface area contributed by atoms with Crippen LogP contribution in [0, 0.1) is 0 Å². The number of benzene rings is 2. The van der Waals surface area contributed by atoms with Crippen molar-refractivity contribution in [1.82, 2.24) is 4.90 Å². The Morgan fingerprint density at radius 1 is 1.08 bits per heavy atom. The Bertz CT molecular complexity index is 878. The van der Waals surface area contributed by atoms with Crippen molar-refractivity contribution >= 4 is 0 Å². The first-order valence-corrected chi connectivity index (χ1v) is 8.75. The van der Waals surface area contributed by atoms with Crippen LogP contribution in [0.5, 0.6) is 17.2 Å². The van der Waals surface area contributed by atoms with Gasteiger partial charge in [0.15, 0.2) is 11.5 Å². The lowest BCUT2D eigenvalue weighted by atomic mass is 9.70. The van der Waals surface area contributed by atoms with Crippen LogP contribution in [0.15, 0.2) is 24.3 Å². The van der Waals surface area contributed by atoms with Crippen LogP contribution in [0.1, 0.15) is 39.8 Å². The number of hydrogen-bond donors (Lipinski definition) is 3. The molecule has 0 spiro atoms. The highest BCUT2D eigenvalue weighted by Crippen LogP contribution is 2.52. The lowest BCUT2D eigenvalue weighted by molar-refractivity contribution is 0.0596.